The number of amides is 1. The second kappa shape index (κ2) is 7.03. The van der Waals surface area contributed by atoms with Gasteiger partial charge in [0.2, 0.25) is 5.91 Å². The highest BCUT2D eigenvalue weighted by molar-refractivity contribution is 7.91. The monoisotopic (exact) mass is 342 g/mol. The van der Waals surface area contributed by atoms with Crippen molar-refractivity contribution < 1.29 is 26.7 Å². The van der Waals surface area contributed by atoms with Gasteiger partial charge in [-0.15, -0.1) is 0 Å². The van der Waals surface area contributed by atoms with Crippen molar-refractivity contribution in [1.29, 1.82) is 0 Å². The number of nitrogens with two attached hydrogens (primary N) is 1. The first-order valence-corrected chi connectivity index (χ1v) is 10.5. The second-order valence-electron chi connectivity index (χ2n) is 5.34. The lowest BCUT2D eigenvalue weighted by atomic mass is 10.1. The summed E-state index contributed by atoms with van der Waals surface area (Å²) in [5, 5.41) is 9.04. The first-order valence-electron chi connectivity index (χ1n) is 6.61. The molecular weight excluding hydrogens is 320 g/mol. The van der Waals surface area contributed by atoms with Gasteiger partial charge >= 0.3 is 0 Å². The molecule has 1 amide bonds. The Morgan fingerprint density at radius 1 is 1.48 bits per heavy atom. The number of aliphatic hydroxyl groups excluding tert-OH is 1. The summed E-state index contributed by atoms with van der Waals surface area (Å²) in [6, 6.07) is -1.52. The van der Waals surface area contributed by atoms with Crippen LogP contribution in [0, 0.1) is 0 Å². The minimum absolute atomic E-state index is 0.00541. The Kier molecular flexibility index (Phi) is 6.14. The maximum Gasteiger partial charge on any atom is 0.239 e. The molecule has 0 radical (unpaired) electrons. The van der Waals surface area contributed by atoms with Gasteiger partial charge in [-0.2, -0.15) is 0 Å². The molecule has 1 aliphatic heterocycles. The lowest BCUT2D eigenvalue weighted by Crippen LogP contribution is -2.50. The van der Waals surface area contributed by atoms with Gasteiger partial charge in [0, 0.05) is 18.8 Å². The van der Waals surface area contributed by atoms with E-state index in [1.54, 1.807) is 0 Å². The van der Waals surface area contributed by atoms with Crippen LogP contribution >= 0.6 is 0 Å². The number of rotatable bonds is 7. The van der Waals surface area contributed by atoms with E-state index < -0.39 is 37.7 Å². The molecule has 0 bridgehead atoms. The quantitative estimate of drug-likeness (QED) is 0.534. The van der Waals surface area contributed by atoms with Gasteiger partial charge in [-0.1, -0.05) is 0 Å². The fourth-order valence-electron chi connectivity index (χ4n) is 2.28. The standard InChI is InChI=1S/C11H22N2O6S2/c1-20(16,17)6-3-10(12)11(15)13(4-5-14)9-2-7-21(18,19)8-9/h9-10,14H,2-8,12H2,1H3. The Labute approximate surface area is 125 Å². The van der Waals surface area contributed by atoms with Crippen LogP contribution in [0.3, 0.4) is 0 Å². The van der Waals surface area contributed by atoms with Gasteiger partial charge < -0.3 is 15.7 Å². The van der Waals surface area contributed by atoms with E-state index in [1.807, 2.05) is 0 Å². The lowest BCUT2D eigenvalue weighted by Gasteiger charge is -2.30. The Hall–Kier alpha value is -0.710. The lowest BCUT2D eigenvalue weighted by molar-refractivity contribution is -0.135. The summed E-state index contributed by atoms with van der Waals surface area (Å²) in [6.07, 6.45) is 1.34. The van der Waals surface area contributed by atoms with Gasteiger partial charge in [0.1, 0.15) is 9.84 Å². The number of carbonyl (C=O) groups excluding carboxylic acids is 1. The second-order valence-corrected chi connectivity index (χ2v) is 9.83. The van der Waals surface area contributed by atoms with E-state index >= 15 is 0 Å². The molecule has 0 aliphatic carbocycles. The topological polar surface area (TPSA) is 135 Å². The average Bonchev–Trinajstić information content (AvgIpc) is 2.71. The summed E-state index contributed by atoms with van der Waals surface area (Å²) in [5.41, 5.74) is 5.70. The normalized spacial score (nSPS) is 22.9. The van der Waals surface area contributed by atoms with Crippen molar-refractivity contribution in [2.24, 2.45) is 5.73 Å². The van der Waals surface area contributed by atoms with Gasteiger partial charge in [-0.05, 0) is 12.8 Å². The van der Waals surface area contributed by atoms with Crippen LogP contribution in [-0.4, -0.2) is 81.5 Å². The van der Waals surface area contributed by atoms with Crippen LogP contribution in [-0.2, 0) is 24.5 Å². The molecule has 0 aromatic heterocycles. The Balaban J connectivity index is 2.73. The van der Waals surface area contributed by atoms with Crippen molar-refractivity contribution in [3.8, 4) is 0 Å². The van der Waals surface area contributed by atoms with Crippen LogP contribution in [0.1, 0.15) is 12.8 Å². The number of hydrogen-bond donors (Lipinski definition) is 2. The van der Waals surface area contributed by atoms with E-state index in [-0.39, 0.29) is 36.8 Å². The molecule has 1 saturated heterocycles. The van der Waals surface area contributed by atoms with Crippen molar-refractivity contribution in [2.45, 2.75) is 24.9 Å². The summed E-state index contributed by atoms with van der Waals surface area (Å²) in [4.78, 5) is 13.5. The molecule has 2 atom stereocenters. The van der Waals surface area contributed by atoms with Crippen molar-refractivity contribution >= 4 is 25.6 Å². The van der Waals surface area contributed by atoms with Crippen LogP contribution < -0.4 is 5.73 Å². The molecule has 0 aromatic carbocycles. The van der Waals surface area contributed by atoms with E-state index in [9.17, 15) is 21.6 Å². The maximum atomic E-state index is 12.2. The number of hydrogen-bond acceptors (Lipinski definition) is 7. The smallest absolute Gasteiger partial charge is 0.239 e. The first-order chi connectivity index (χ1) is 9.56. The third-order valence-corrected chi connectivity index (χ3v) is 6.12. The summed E-state index contributed by atoms with van der Waals surface area (Å²) in [6.45, 7) is -0.313. The molecule has 21 heavy (non-hydrogen) atoms. The molecular formula is C11H22N2O6S2. The number of sulfone groups is 2. The van der Waals surface area contributed by atoms with Gasteiger partial charge in [0.05, 0.1) is 29.9 Å². The summed E-state index contributed by atoms with van der Waals surface area (Å²) < 4.78 is 45.2. The highest BCUT2D eigenvalue weighted by atomic mass is 32.2. The molecule has 8 nitrogen and oxygen atoms in total. The molecule has 0 saturated carbocycles. The van der Waals surface area contributed by atoms with Crippen molar-refractivity contribution in [1.82, 2.24) is 4.90 Å². The highest BCUT2D eigenvalue weighted by Crippen LogP contribution is 2.18. The van der Waals surface area contributed by atoms with Crippen LogP contribution in [0.5, 0.6) is 0 Å². The SMILES string of the molecule is CS(=O)(=O)CCC(N)C(=O)N(CCO)C1CCS(=O)(=O)C1. The first kappa shape index (κ1) is 18.3. The third-order valence-electron chi connectivity index (χ3n) is 3.39. The highest BCUT2D eigenvalue weighted by Gasteiger charge is 2.35. The van der Waals surface area contributed by atoms with Crippen LogP contribution in [0.4, 0.5) is 0 Å². The zero-order valence-corrected chi connectivity index (χ0v) is 13.6. The van der Waals surface area contributed by atoms with Gasteiger partial charge in [0.15, 0.2) is 9.84 Å². The van der Waals surface area contributed by atoms with Crippen molar-refractivity contribution in [3.05, 3.63) is 0 Å². The predicted molar refractivity (Wildman–Crippen MR) is 78.2 cm³/mol. The Morgan fingerprint density at radius 3 is 2.52 bits per heavy atom. The molecule has 0 spiro atoms. The third kappa shape index (κ3) is 5.89. The van der Waals surface area contributed by atoms with E-state index in [0.717, 1.165) is 6.26 Å². The molecule has 1 fully saturated rings. The maximum absolute atomic E-state index is 12.2. The zero-order valence-electron chi connectivity index (χ0n) is 11.9. The molecule has 0 aromatic rings. The van der Waals surface area contributed by atoms with Crippen LogP contribution in [0.2, 0.25) is 0 Å². The van der Waals surface area contributed by atoms with Crippen molar-refractivity contribution in [2.75, 3.05) is 36.7 Å². The van der Waals surface area contributed by atoms with E-state index in [4.69, 9.17) is 10.8 Å². The zero-order chi connectivity index (χ0) is 16.3. The molecule has 3 N–H and O–H groups in total. The fourth-order valence-corrected chi connectivity index (χ4v) is 4.69. The Morgan fingerprint density at radius 2 is 2.10 bits per heavy atom. The van der Waals surface area contributed by atoms with Crippen LogP contribution in [0.25, 0.3) is 0 Å². The Bertz CT molecular complexity index is 572. The molecule has 124 valence electrons. The van der Waals surface area contributed by atoms with Gasteiger partial charge in [-0.25, -0.2) is 16.8 Å². The number of carbonyl (C=O) groups is 1. The number of nitrogens with zero attached hydrogens (tertiary/aromatic N) is 1. The van der Waals surface area contributed by atoms with Crippen LogP contribution in [0.15, 0.2) is 0 Å². The predicted octanol–water partition coefficient (Wildman–Crippen LogP) is -2.24. The van der Waals surface area contributed by atoms with Gasteiger partial charge in [-0.3, -0.25) is 4.79 Å². The number of aliphatic hydroxyl groups is 1. The fraction of sp³-hybridized carbons (Fsp3) is 0.909. The van der Waals surface area contributed by atoms with E-state index in [0.29, 0.717) is 6.42 Å². The average molecular weight is 342 g/mol. The van der Waals surface area contributed by atoms with Crippen molar-refractivity contribution in [3.63, 3.8) is 0 Å². The molecule has 2 unspecified atom stereocenters. The minimum Gasteiger partial charge on any atom is -0.395 e. The van der Waals surface area contributed by atoms with E-state index in [1.165, 1.54) is 4.90 Å². The molecule has 10 heteroatoms. The largest absolute Gasteiger partial charge is 0.395 e. The summed E-state index contributed by atoms with van der Waals surface area (Å²) in [7, 11) is -6.39. The molecule has 1 aliphatic rings. The summed E-state index contributed by atoms with van der Waals surface area (Å²) in [5.74, 6) is -0.867. The van der Waals surface area contributed by atoms with E-state index in [2.05, 4.69) is 0 Å². The minimum atomic E-state index is -3.22. The summed E-state index contributed by atoms with van der Waals surface area (Å²) >= 11 is 0. The van der Waals surface area contributed by atoms with Gasteiger partial charge in [0.25, 0.3) is 0 Å². The molecule has 1 rings (SSSR count). The molecule has 1 heterocycles.